The summed E-state index contributed by atoms with van der Waals surface area (Å²) in [6.07, 6.45) is 0.147. The van der Waals surface area contributed by atoms with Gasteiger partial charge in [-0.05, 0) is 19.1 Å². The third-order valence-corrected chi connectivity index (χ3v) is 2.27. The Kier molecular flexibility index (Phi) is 4.51. The number of carbonyl (C=O) groups excluding carboxylic acids is 2. The van der Waals surface area contributed by atoms with Crippen molar-refractivity contribution in [1.29, 1.82) is 0 Å². The molecule has 1 aromatic rings. The second-order valence-electron chi connectivity index (χ2n) is 3.65. The summed E-state index contributed by atoms with van der Waals surface area (Å²) in [6, 6.07) is 5.14. The molecule has 0 spiro atoms. The maximum atomic E-state index is 11.7. The third-order valence-electron chi connectivity index (χ3n) is 2.27. The van der Waals surface area contributed by atoms with Gasteiger partial charge < -0.3 is 15.8 Å². The van der Waals surface area contributed by atoms with Crippen LogP contribution < -0.4 is 11.1 Å². The van der Waals surface area contributed by atoms with Crippen LogP contribution in [-0.2, 0) is 9.53 Å². The van der Waals surface area contributed by atoms with Gasteiger partial charge in [0.05, 0.1) is 12.0 Å². The lowest BCUT2D eigenvalue weighted by atomic mass is 10.1. The number of nitrogens with one attached hydrogen (secondary N) is 1. The van der Waals surface area contributed by atoms with Gasteiger partial charge in [0.25, 0.3) is 0 Å². The van der Waals surface area contributed by atoms with Crippen LogP contribution in [0.4, 0.5) is 5.69 Å². The minimum atomic E-state index is -0.505. The van der Waals surface area contributed by atoms with Crippen LogP contribution in [0, 0.1) is 6.92 Å². The van der Waals surface area contributed by atoms with Gasteiger partial charge in [-0.15, -0.1) is 0 Å². The highest BCUT2D eigenvalue weighted by Crippen LogP contribution is 2.14. The SMILES string of the molecule is CNC(=O)CCOC(=O)c1cc(C)ccc1N. The Morgan fingerprint density at radius 2 is 2.12 bits per heavy atom. The zero-order valence-electron chi connectivity index (χ0n) is 9.95. The van der Waals surface area contributed by atoms with Gasteiger partial charge in [-0.1, -0.05) is 11.6 Å². The molecule has 0 saturated carbocycles. The largest absolute Gasteiger partial charge is 0.461 e. The van der Waals surface area contributed by atoms with Crippen LogP contribution in [0.5, 0.6) is 0 Å². The molecule has 0 aromatic heterocycles. The molecule has 5 nitrogen and oxygen atoms in total. The van der Waals surface area contributed by atoms with Crippen LogP contribution in [0.1, 0.15) is 22.3 Å². The van der Waals surface area contributed by atoms with E-state index in [4.69, 9.17) is 10.5 Å². The van der Waals surface area contributed by atoms with Crippen molar-refractivity contribution in [3.05, 3.63) is 29.3 Å². The Balaban J connectivity index is 2.58. The monoisotopic (exact) mass is 236 g/mol. The highest BCUT2D eigenvalue weighted by Gasteiger charge is 2.11. The van der Waals surface area contributed by atoms with Crippen molar-refractivity contribution in [2.45, 2.75) is 13.3 Å². The van der Waals surface area contributed by atoms with Gasteiger partial charge in [-0.25, -0.2) is 4.79 Å². The van der Waals surface area contributed by atoms with Crippen LogP contribution in [0.25, 0.3) is 0 Å². The van der Waals surface area contributed by atoms with Gasteiger partial charge in [0.1, 0.15) is 6.61 Å². The lowest BCUT2D eigenvalue weighted by Crippen LogP contribution is -2.20. The number of rotatable bonds is 4. The lowest BCUT2D eigenvalue weighted by molar-refractivity contribution is -0.121. The molecule has 0 heterocycles. The minimum Gasteiger partial charge on any atom is -0.461 e. The number of hydrogen-bond donors (Lipinski definition) is 2. The summed E-state index contributed by atoms with van der Waals surface area (Å²) in [7, 11) is 1.53. The first kappa shape index (κ1) is 13.0. The van der Waals surface area contributed by atoms with E-state index in [9.17, 15) is 9.59 Å². The molecule has 0 unspecified atom stereocenters. The maximum absolute atomic E-state index is 11.7. The quantitative estimate of drug-likeness (QED) is 0.600. The molecular formula is C12H16N2O3. The molecule has 0 aliphatic rings. The molecule has 0 saturated heterocycles. The number of ether oxygens (including phenoxy) is 1. The van der Waals surface area contributed by atoms with Crippen molar-refractivity contribution in [3.63, 3.8) is 0 Å². The molecule has 17 heavy (non-hydrogen) atoms. The second-order valence-corrected chi connectivity index (χ2v) is 3.65. The zero-order valence-corrected chi connectivity index (χ0v) is 9.95. The molecule has 92 valence electrons. The highest BCUT2D eigenvalue weighted by atomic mass is 16.5. The number of nitrogens with two attached hydrogens (primary N) is 1. The van der Waals surface area contributed by atoms with E-state index < -0.39 is 5.97 Å². The van der Waals surface area contributed by atoms with Gasteiger partial charge >= 0.3 is 5.97 Å². The summed E-state index contributed by atoms with van der Waals surface area (Å²) < 4.78 is 4.96. The van der Waals surface area contributed by atoms with Gasteiger partial charge in [0.15, 0.2) is 0 Å². The standard InChI is InChI=1S/C12H16N2O3/c1-8-3-4-10(13)9(7-8)12(16)17-6-5-11(15)14-2/h3-4,7H,5-6,13H2,1-2H3,(H,14,15). The van der Waals surface area contributed by atoms with Crippen LogP contribution in [0.3, 0.4) is 0 Å². The van der Waals surface area contributed by atoms with Gasteiger partial charge in [0, 0.05) is 12.7 Å². The predicted octanol–water partition coefficient (Wildman–Crippen LogP) is 0.870. The Labute approximate surface area is 99.9 Å². The van der Waals surface area contributed by atoms with Crippen molar-refractivity contribution in [3.8, 4) is 0 Å². The molecule has 0 atom stereocenters. The number of carbonyl (C=O) groups is 2. The molecule has 5 heteroatoms. The summed E-state index contributed by atoms with van der Waals surface area (Å²) in [5.41, 5.74) is 7.31. The zero-order chi connectivity index (χ0) is 12.8. The van der Waals surface area contributed by atoms with E-state index in [0.717, 1.165) is 5.56 Å². The van der Waals surface area contributed by atoms with Crippen LogP contribution in [0.2, 0.25) is 0 Å². The van der Waals surface area contributed by atoms with E-state index in [1.807, 2.05) is 13.0 Å². The van der Waals surface area contributed by atoms with E-state index in [1.165, 1.54) is 7.05 Å². The number of esters is 1. The van der Waals surface area contributed by atoms with Crippen molar-refractivity contribution in [2.24, 2.45) is 0 Å². The fourth-order valence-corrected chi connectivity index (χ4v) is 1.29. The van der Waals surface area contributed by atoms with E-state index in [0.29, 0.717) is 11.3 Å². The second kappa shape index (κ2) is 5.89. The maximum Gasteiger partial charge on any atom is 0.340 e. The van der Waals surface area contributed by atoms with Crippen molar-refractivity contribution < 1.29 is 14.3 Å². The number of nitrogen functional groups attached to an aromatic ring is 1. The highest BCUT2D eigenvalue weighted by molar-refractivity contribution is 5.95. The smallest absolute Gasteiger partial charge is 0.340 e. The van der Waals surface area contributed by atoms with Crippen LogP contribution >= 0.6 is 0 Å². The van der Waals surface area contributed by atoms with Gasteiger partial charge in [-0.3, -0.25) is 4.79 Å². The van der Waals surface area contributed by atoms with E-state index in [2.05, 4.69) is 5.32 Å². The summed E-state index contributed by atoms with van der Waals surface area (Å²) in [6.45, 7) is 1.91. The Hall–Kier alpha value is -2.04. The number of anilines is 1. The number of amides is 1. The van der Waals surface area contributed by atoms with E-state index in [-0.39, 0.29) is 18.9 Å². The molecule has 3 N–H and O–H groups in total. The average molecular weight is 236 g/mol. The first-order valence-electron chi connectivity index (χ1n) is 5.28. The molecule has 0 aliphatic heterocycles. The van der Waals surface area contributed by atoms with E-state index in [1.54, 1.807) is 12.1 Å². The van der Waals surface area contributed by atoms with Crippen molar-refractivity contribution >= 4 is 17.6 Å². The summed E-state index contributed by atoms with van der Waals surface area (Å²) in [4.78, 5) is 22.6. The average Bonchev–Trinajstić information content (AvgIpc) is 2.31. The van der Waals surface area contributed by atoms with Crippen molar-refractivity contribution in [1.82, 2.24) is 5.32 Å². The minimum absolute atomic E-state index is 0.0475. The Morgan fingerprint density at radius 1 is 1.41 bits per heavy atom. The van der Waals surface area contributed by atoms with Crippen LogP contribution in [0.15, 0.2) is 18.2 Å². The molecule has 1 aromatic carbocycles. The van der Waals surface area contributed by atoms with Gasteiger partial charge in [-0.2, -0.15) is 0 Å². The first-order chi connectivity index (χ1) is 8.04. The fraction of sp³-hybridized carbons (Fsp3) is 0.333. The summed E-state index contributed by atoms with van der Waals surface area (Å²) in [5, 5.41) is 2.44. The summed E-state index contributed by atoms with van der Waals surface area (Å²) in [5.74, 6) is -0.676. The molecule has 0 bridgehead atoms. The molecule has 1 rings (SSSR count). The van der Waals surface area contributed by atoms with Crippen LogP contribution in [-0.4, -0.2) is 25.5 Å². The molecular weight excluding hydrogens is 220 g/mol. The van der Waals surface area contributed by atoms with E-state index >= 15 is 0 Å². The molecule has 1 amide bonds. The molecule has 0 radical (unpaired) electrons. The Morgan fingerprint density at radius 3 is 2.76 bits per heavy atom. The number of benzene rings is 1. The lowest BCUT2D eigenvalue weighted by Gasteiger charge is -2.07. The Bertz CT molecular complexity index is 430. The topological polar surface area (TPSA) is 81.4 Å². The number of aryl methyl sites for hydroxylation is 1. The predicted molar refractivity (Wildman–Crippen MR) is 64.6 cm³/mol. The summed E-state index contributed by atoms with van der Waals surface area (Å²) >= 11 is 0. The first-order valence-corrected chi connectivity index (χ1v) is 5.28. The number of hydrogen-bond acceptors (Lipinski definition) is 4. The van der Waals surface area contributed by atoms with Gasteiger partial charge in [0.2, 0.25) is 5.91 Å². The normalized spacial score (nSPS) is 9.76. The molecule has 0 fully saturated rings. The fourth-order valence-electron chi connectivity index (χ4n) is 1.29. The molecule has 0 aliphatic carbocycles. The van der Waals surface area contributed by atoms with Crippen molar-refractivity contribution in [2.75, 3.05) is 19.4 Å². The third kappa shape index (κ3) is 3.79.